The zero-order chi connectivity index (χ0) is 12.3. The Morgan fingerprint density at radius 1 is 1.53 bits per heavy atom. The fourth-order valence-electron chi connectivity index (χ4n) is 2.26. The highest BCUT2D eigenvalue weighted by Gasteiger charge is 2.22. The summed E-state index contributed by atoms with van der Waals surface area (Å²) in [7, 11) is 1.66. The van der Waals surface area contributed by atoms with E-state index in [0.717, 1.165) is 18.6 Å². The van der Waals surface area contributed by atoms with Gasteiger partial charge in [0, 0.05) is 12.6 Å². The van der Waals surface area contributed by atoms with Crippen LogP contribution in [0.15, 0.2) is 18.2 Å². The summed E-state index contributed by atoms with van der Waals surface area (Å²) in [6.45, 7) is 0.211. The third kappa shape index (κ3) is 2.77. The highest BCUT2D eigenvalue weighted by molar-refractivity contribution is 5.40. The smallest absolute Gasteiger partial charge is 0.119 e. The summed E-state index contributed by atoms with van der Waals surface area (Å²) < 4.78 is 5.22. The van der Waals surface area contributed by atoms with Crippen molar-refractivity contribution in [3.8, 4) is 5.75 Å². The van der Waals surface area contributed by atoms with E-state index in [9.17, 15) is 5.11 Å². The zero-order valence-corrected chi connectivity index (χ0v) is 10.0. The monoisotopic (exact) mass is 237 g/mol. The largest absolute Gasteiger partial charge is 0.497 e. The Kier molecular flexibility index (Phi) is 3.99. The molecule has 4 heteroatoms. The summed E-state index contributed by atoms with van der Waals surface area (Å²) in [4.78, 5) is 0. The van der Waals surface area contributed by atoms with E-state index in [2.05, 4.69) is 11.4 Å². The SMILES string of the molecule is COc1ccc2c(c1)C(NCC(O)CO)CC2. The molecule has 0 aromatic heterocycles. The Labute approximate surface area is 101 Å². The first kappa shape index (κ1) is 12.4. The number of aryl methyl sites for hydroxylation is 1. The van der Waals surface area contributed by atoms with Crippen LogP contribution in [0, 0.1) is 0 Å². The van der Waals surface area contributed by atoms with Crippen LogP contribution in [0.1, 0.15) is 23.6 Å². The van der Waals surface area contributed by atoms with E-state index in [-0.39, 0.29) is 12.6 Å². The minimum absolute atomic E-state index is 0.204. The molecule has 1 aliphatic rings. The molecule has 1 aromatic rings. The van der Waals surface area contributed by atoms with Crippen LogP contribution >= 0.6 is 0 Å². The van der Waals surface area contributed by atoms with Crippen molar-refractivity contribution < 1.29 is 14.9 Å². The zero-order valence-electron chi connectivity index (χ0n) is 10.0. The molecule has 0 fully saturated rings. The van der Waals surface area contributed by atoms with Crippen molar-refractivity contribution in [2.24, 2.45) is 0 Å². The average molecular weight is 237 g/mol. The van der Waals surface area contributed by atoms with Crippen molar-refractivity contribution >= 4 is 0 Å². The Hall–Kier alpha value is -1.10. The molecule has 0 saturated carbocycles. The van der Waals surface area contributed by atoms with E-state index in [1.807, 2.05) is 12.1 Å². The number of ether oxygens (including phenoxy) is 1. The molecule has 0 aliphatic heterocycles. The third-order valence-electron chi connectivity index (χ3n) is 3.24. The van der Waals surface area contributed by atoms with Crippen molar-refractivity contribution in [2.75, 3.05) is 20.3 Å². The molecule has 0 spiro atoms. The van der Waals surface area contributed by atoms with Crippen LogP contribution in [-0.4, -0.2) is 36.6 Å². The maximum absolute atomic E-state index is 9.33. The Bertz CT molecular complexity index is 381. The minimum Gasteiger partial charge on any atom is -0.497 e. The topological polar surface area (TPSA) is 61.7 Å². The van der Waals surface area contributed by atoms with Gasteiger partial charge in [-0.1, -0.05) is 6.07 Å². The molecule has 1 aromatic carbocycles. The summed E-state index contributed by atoms with van der Waals surface area (Å²) >= 11 is 0. The van der Waals surface area contributed by atoms with Gasteiger partial charge < -0.3 is 20.3 Å². The lowest BCUT2D eigenvalue weighted by Gasteiger charge is -2.16. The fourth-order valence-corrected chi connectivity index (χ4v) is 2.26. The normalized spacial score (nSPS) is 20.1. The van der Waals surface area contributed by atoms with Crippen LogP contribution in [0.5, 0.6) is 5.75 Å². The molecule has 4 nitrogen and oxygen atoms in total. The number of nitrogens with one attached hydrogen (secondary N) is 1. The second-order valence-corrected chi connectivity index (χ2v) is 4.40. The second-order valence-electron chi connectivity index (χ2n) is 4.40. The number of aliphatic hydroxyl groups is 2. The molecule has 0 bridgehead atoms. The van der Waals surface area contributed by atoms with Crippen LogP contribution in [0.2, 0.25) is 0 Å². The van der Waals surface area contributed by atoms with Crippen LogP contribution in [0.3, 0.4) is 0 Å². The summed E-state index contributed by atoms with van der Waals surface area (Å²) in [5, 5.41) is 21.4. The predicted octanol–water partition coefficient (Wildman–Crippen LogP) is 0.625. The second kappa shape index (κ2) is 5.49. The van der Waals surface area contributed by atoms with Gasteiger partial charge in [0.05, 0.1) is 19.8 Å². The number of fused-ring (bicyclic) bond motifs is 1. The Balaban J connectivity index is 2.04. The van der Waals surface area contributed by atoms with Gasteiger partial charge in [-0.25, -0.2) is 0 Å². The van der Waals surface area contributed by atoms with Crippen molar-refractivity contribution in [3.05, 3.63) is 29.3 Å². The van der Waals surface area contributed by atoms with Crippen LogP contribution in [0.4, 0.5) is 0 Å². The molecule has 2 rings (SSSR count). The lowest BCUT2D eigenvalue weighted by Crippen LogP contribution is -2.31. The van der Waals surface area contributed by atoms with Gasteiger partial charge in [-0.15, -0.1) is 0 Å². The first-order valence-electron chi connectivity index (χ1n) is 5.93. The molecule has 3 N–H and O–H groups in total. The number of hydrogen-bond acceptors (Lipinski definition) is 4. The van der Waals surface area contributed by atoms with Gasteiger partial charge in [-0.2, -0.15) is 0 Å². The standard InChI is InChI=1S/C13H19NO3/c1-17-11-4-2-9-3-5-13(12(9)6-11)14-7-10(16)8-15/h2,4,6,10,13-16H,3,5,7-8H2,1H3. The lowest BCUT2D eigenvalue weighted by atomic mass is 10.1. The molecular formula is C13H19NO3. The summed E-state index contributed by atoms with van der Waals surface area (Å²) in [5.74, 6) is 0.861. The van der Waals surface area contributed by atoms with E-state index in [0.29, 0.717) is 6.54 Å². The van der Waals surface area contributed by atoms with Crippen molar-refractivity contribution in [2.45, 2.75) is 25.0 Å². The van der Waals surface area contributed by atoms with E-state index in [1.54, 1.807) is 7.11 Å². The van der Waals surface area contributed by atoms with E-state index >= 15 is 0 Å². The molecule has 0 radical (unpaired) electrons. The molecule has 2 unspecified atom stereocenters. The van der Waals surface area contributed by atoms with Crippen molar-refractivity contribution in [1.29, 1.82) is 0 Å². The summed E-state index contributed by atoms with van der Waals surface area (Å²) in [6.07, 6.45) is 1.39. The number of rotatable bonds is 5. The molecule has 1 aliphatic carbocycles. The van der Waals surface area contributed by atoms with E-state index in [4.69, 9.17) is 9.84 Å². The number of methoxy groups -OCH3 is 1. The molecule has 0 heterocycles. The maximum Gasteiger partial charge on any atom is 0.119 e. The number of aliphatic hydroxyl groups excluding tert-OH is 2. The average Bonchev–Trinajstić information content (AvgIpc) is 2.78. The molecule has 94 valence electrons. The Morgan fingerprint density at radius 2 is 2.35 bits per heavy atom. The van der Waals surface area contributed by atoms with Gasteiger partial charge in [-0.3, -0.25) is 0 Å². The van der Waals surface area contributed by atoms with Crippen LogP contribution < -0.4 is 10.1 Å². The number of hydrogen-bond donors (Lipinski definition) is 3. The minimum atomic E-state index is -0.690. The van der Waals surface area contributed by atoms with Gasteiger partial charge >= 0.3 is 0 Å². The van der Waals surface area contributed by atoms with E-state index in [1.165, 1.54) is 11.1 Å². The van der Waals surface area contributed by atoms with Crippen LogP contribution in [0.25, 0.3) is 0 Å². The molecule has 17 heavy (non-hydrogen) atoms. The van der Waals surface area contributed by atoms with Gasteiger partial charge in [0.2, 0.25) is 0 Å². The highest BCUT2D eigenvalue weighted by Crippen LogP contribution is 2.33. The molecular weight excluding hydrogens is 218 g/mol. The molecule has 0 amide bonds. The predicted molar refractivity (Wildman–Crippen MR) is 65.2 cm³/mol. The Morgan fingerprint density at radius 3 is 3.06 bits per heavy atom. The summed E-state index contributed by atoms with van der Waals surface area (Å²) in [6, 6.07) is 6.37. The number of benzene rings is 1. The van der Waals surface area contributed by atoms with Crippen molar-refractivity contribution in [3.63, 3.8) is 0 Å². The quantitative estimate of drug-likeness (QED) is 0.703. The van der Waals surface area contributed by atoms with E-state index < -0.39 is 6.10 Å². The van der Waals surface area contributed by atoms with Gasteiger partial charge in [0.15, 0.2) is 0 Å². The fraction of sp³-hybridized carbons (Fsp3) is 0.538. The molecule has 0 saturated heterocycles. The van der Waals surface area contributed by atoms with Gasteiger partial charge in [-0.05, 0) is 36.1 Å². The first-order chi connectivity index (χ1) is 8.24. The maximum atomic E-state index is 9.33. The summed E-state index contributed by atoms with van der Waals surface area (Å²) in [5.41, 5.74) is 2.58. The van der Waals surface area contributed by atoms with Gasteiger partial charge in [0.25, 0.3) is 0 Å². The van der Waals surface area contributed by atoms with Gasteiger partial charge in [0.1, 0.15) is 5.75 Å². The highest BCUT2D eigenvalue weighted by atomic mass is 16.5. The third-order valence-corrected chi connectivity index (χ3v) is 3.24. The van der Waals surface area contributed by atoms with Crippen molar-refractivity contribution in [1.82, 2.24) is 5.32 Å². The first-order valence-corrected chi connectivity index (χ1v) is 5.93. The lowest BCUT2D eigenvalue weighted by molar-refractivity contribution is 0.0919. The molecule has 2 atom stereocenters. The van der Waals surface area contributed by atoms with Crippen LogP contribution in [-0.2, 0) is 6.42 Å².